The highest BCUT2D eigenvalue weighted by molar-refractivity contribution is 6.06. The lowest BCUT2D eigenvalue weighted by Gasteiger charge is -2.37. The number of hydrogen-bond acceptors (Lipinski definition) is 6. The van der Waals surface area contributed by atoms with Crippen LogP contribution in [0.3, 0.4) is 0 Å². The van der Waals surface area contributed by atoms with Gasteiger partial charge in [-0.15, -0.1) is 0 Å². The third-order valence-electron chi connectivity index (χ3n) is 7.60. The monoisotopic (exact) mass is 500 g/mol. The number of rotatable bonds is 4. The lowest BCUT2D eigenvalue weighted by molar-refractivity contribution is -0.136. The van der Waals surface area contributed by atoms with E-state index in [2.05, 4.69) is 26.2 Å². The molecule has 3 aromatic rings. The van der Waals surface area contributed by atoms with Crippen LogP contribution in [0.25, 0.3) is 10.9 Å². The maximum absolute atomic E-state index is 14.6. The van der Waals surface area contributed by atoms with Crippen LogP contribution < -0.4 is 10.2 Å². The number of carbonyl (C=O) groups is 3. The Balaban J connectivity index is 1.17. The van der Waals surface area contributed by atoms with Gasteiger partial charge in [-0.3, -0.25) is 24.6 Å². The molecule has 9 nitrogen and oxygen atoms in total. The van der Waals surface area contributed by atoms with E-state index >= 15 is 0 Å². The van der Waals surface area contributed by atoms with Gasteiger partial charge in [0.25, 0.3) is 5.91 Å². The molecule has 37 heavy (non-hydrogen) atoms. The summed E-state index contributed by atoms with van der Waals surface area (Å²) in [6, 6.07) is 9.79. The molecule has 3 amide bonds. The standard InChI is InChI=1S/C27H25FN6O3/c28-18-10-20-21(15-34(27(20)37)23-3-4-25(35)31-26(23)36)24(11-18)33-7-5-32(6-8-33)14-17-13-30-22-9-16(12-29)1-2-19(17)22/h1-2,9-11,13,23,30H,3-8,14-15H2,(H,31,35,36). The van der Waals surface area contributed by atoms with Gasteiger partial charge >= 0.3 is 0 Å². The van der Waals surface area contributed by atoms with Crippen molar-refractivity contribution in [3.05, 3.63) is 64.6 Å². The number of nitrogens with zero attached hydrogens (tertiary/aromatic N) is 4. The number of carbonyl (C=O) groups excluding carboxylic acids is 3. The van der Waals surface area contributed by atoms with Crippen LogP contribution in [0.4, 0.5) is 10.1 Å². The number of piperazine rings is 1. The van der Waals surface area contributed by atoms with Gasteiger partial charge in [-0.05, 0) is 36.2 Å². The average Bonchev–Trinajstić information content (AvgIpc) is 3.44. The molecule has 6 rings (SSSR count). The quantitative estimate of drug-likeness (QED) is 0.532. The summed E-state index contributed by atoms with van der Waals surface area (Å²) in [6.07, 6.45) is 2.43. The predicted octanol–water partition coefficient (Wildman–Crippen LogP) is 2.26. The zero-order valence-corrected chi connectivity index (χ0v) is 20.1. The van der Waals surface area contributed by atoms with E-state index in [1.165, 1.54) is 17.0 Å². The molecular weight excluding hydrogens is 475 g/mol. The molecule has 188 valence electrons. The van der Waals surface area contributed by atoms with Crippen molar-refractivity contribution in [1.82, 2.24) is 20.1 Å². The van der Waals surface area contributed by atoms with Gasteiger partial charge in [-0.1, -0.05) is 6.07 Å². The first kappa shape index (κ1) is 23.2. The first-order chi connectivity index (χ1) is 17.9. The number of imide groups is 1. The van der Waals surface area contributed by atoms with E-state index in [0.29, 0.717) is 24.3 Å². The summed E-state index contributed by atoms with van der Waals surface area (Å²) in [6.45, 7) is 3.84. The van der Waals surface area contributed by atoms with Crippen molar-refractivity contribution in [2.45, 2.75) is 32.0 Å². The van der Waals surface area contributed by atoms with Crippen LogP contribution in [0.5, 0.6) is 0 Å². The number of nitriles is 1. The Kier molecular flexibility index (Phi) is 5.65. The van der Waals surface area contributed by atoms with E-state index in [1.807, 2.05) is 24.4 Å². The molecule has 2 saturated heterocycles. The highest BCUT2D eigenvalue weighted by atomic mass is 19.1. The van der Waals surface area contributed by atoms with Crippen molar-refractivity contribution < 1.29 is 18.8 Å². The number of anilines is 1. The van der Waals surface area contributed by atoms with E-state index < -0.39 is 17.8 Å². The molecule has 1 unspecified atom stereocenters. The Labute approximate surface area is 212 Å². The Morgan fingerprint density at radius 2 is 1.89 bits per heavy atom. The molecule has 2 N–H and O–H groups in total. The SMILES string of the molecule is N#Cc1ccc2c(CN3CCN(c4cc(F)cc5c4CN(C4CCC(=O)NC4=O)C5=O)CC3)c[nH]c2c1. The van der Waals surface area contributed by atoms with Gasteiger partial charge in [0.1, 0.15) is 11.9 Å². The molecule has 0 aliphatic carbocycles. The molecule has 0 spiro atoms. The van der Waals surface area contributed by atoms with E-state index in [9.17, 15) is 18.8 Å². The fourth-order valence-electron chi connectivity index (χ4n) is 5.66. The molecule has 1 atom stereocenters. The number of aromatic amines is 1. The lowest BCUT2D eigenvalue weighted by Crippen LogP contribution is -2.52. The molecule has 0 radical (unpaired) electrons. The minimum absolute atomic E-state index is 0.176. The molecule has 10 heteroatoms. The van der Waals surface area contributed by atoms with Gasteiger partial charge in [0.05, 0.1) is 11.6 Å². The highest BCUT2D eigenvalue weighted by Crippen LogP contribution is 2.35. The molecule has 1 aromatic heterocycles. The Hall–Kier alpha value is -4.23. The first-order valence-corrected chi connectivity index (χ1v) is 12.4. The second-order valence-corrected chi connectivity index (χ2v) is 9.80. The summed E-state index contributed by atoms with van der Waals surface area (Å²) in [4.78, 5) is 46.2. The summed E-state index contributed by atoms with van der Waals surface area (Å²) in [5, 5.41) is 12.5. The summed E-state index contributed by atoms with van der Waals surface area (Å²) < 4.78 is 14.6. The number of nitrogens with one attached hydrogen (secondary N) is 2. The molecule has 3 aliphatic heterocycles. The normalized spacial score (nSPS) is 20.3. The van der Waals surface area contributed by atoms with Crippen LogP contribution >= 0.6 is 0 Å². The van der Waals surface area contributed by atoms with Crippen molar-refractivity contribution in [3.8, 4) is 6.07 Å². The molecule has 0 saturated carbocycles. The van der Waals surface area contributed by atoms with Gasteiger partial charge in [-0.25, -0.2) is 4.39 Å². The third-order valence-corrected chi connectivity index (χ3v) is 7.60. The summed E-state index contributed by atoms with van der Waals surface area (Å²) in [5.41, 5.74) is 4.42. The van der Waals surface area contributed by atoms with Crippen LogP contribution in [0.2, 0.25) is 0 Å². The second-order valence-electron chi connectivity index (χ2n) is 9.80. The fraction of sp³-hybridized carbons (Fsp3) is 0.333. The number of amides is 3. The maximum atomic E-state index is 14.6. The predicted molar refractivity (Wildman–Crippen MR) is 133 cm³/mol. The van der Waals surface area contributed by atoms with Gasteiger partial charge in [0.15, 0.2) is 0 Å². The van der Waals surface area contributed by atoms with E-state index in [4.69, 9.17) is 5.26 Å². The van der Waals surface area contributed by atoms with E-state index in [-0.39, 0.29) is 36.8 Å². The highest BCUT2D eigenvalue weighted by Gasteiger charge is 2.41. The van der Waals surface area contributed by atoms with Gasteiger partial charge in [-0.2, -0.15) is 5.26 Å². The Bertz CT molecular complexity index is 1480. The molecule has 0 bridgehead atoms. The number of fused-ring (bicyclic) bond motifs is 2. The van der Waals surface area contributed by atoms with Gasteiger partial charge in [0, 0.05) is 79.6 Å². The minimum atomic E-state index is -0.731. The number of benzene rings is 2. The van der Waals surface area contributed by atoms with Gasteiger partial charge < -0.3 is 14.8 Å². The number of piperidine rings is 1. The topological polar surface area (TPSA) is 113 Å². The van der Waals surface area contributed by atoms with Crippen molar-refractivity contribution in [2.24, 2.45) is 0 Å². The van der Waals surface area contributed by atoms with Crippen LogP contribution in [0, 0.1) is 17.1 Å². The van der Waals surface area contributed by atoms with Crippen LogP contribution in [-0.2, 0) is 22.7 Å². The minimum Gasteiger partial charge on any atom is -0.369 e. The third kappa shape index (κ3) is 4.11. The number of hydrogen-bond donors (Lipinski definition) is 2. The molecule has 3 aliphatic rings. The van der Waals surface area contributed by atoms with Crippen molar-refractivity contribution >= 4 is 34.3 Å². The smallest absolute Gasteiger partial charge is 0.255 e. The maximum Gasteiger partial charge on any atom is 0.255 e. The summed E-state index contributed by atoms with van der Waals surface area (Å²) in [5.74, 6) is -1.67. The van der Waals surface area contributed by atoms with E-state index in [0.717, 1.165) is 41.7 Å². The molecule has 2 aromatic carbocycles. The average molecular weight is 501 g/mol. The number of aromatic nitrogens is 1. The molecule has 4 heterocycles. The van der Waals surface area contributed by atoms with Crippen molar-refractivity contribution in [1.29, 1.82) is 5.26 Å². The van der Waals surface area contributed by atoms with Gasteiger partial charge in [0.2, 0.25) is 11.8 Å². The summed E-state index contributed by atoms with van der Waals surface area (Å²) >= 11 is 0. The zero-order chi connectivity index (χ0) is 25.7. The Morgan fingerprint density at radius 3 is 2.65 bits per heavy atom. The number of H-pyrrole nitrogens is 1. The number of halogens is 1. The first-order valence-electron chi connectivity index (χ1n) is 12.4. The second kappa shape index (κ2) is 9.01. The lowest BCUT2D eigenvalue weighted by atomic mass is 10.0. The Morgan fingerprint density at radius 1 is 1.08 bits per heavy atom. The van der Waals surface area contributed by atoms with Crippen molar-refractivity contribution in [3.63, 3.8) is 0 Å². The summed E-state index contributed by atoms with van der Waals surface area (Å²) in [7, 11) is 0. The van der Waals surface area contributed by atoms with Crippen LogP contribution in [0.15, 0.2) is 36.5 Å². The zero-order valence-electron chi connectivity index (χ0n) is 20.1. The van der Waals surface area contributed by atoms with Crippen LogP contribution in [0.1, 0.15) is 39.9 Å². The largest absolute Gasteiger partial charge is 0.369 e. The molecule has 2 fully saturated rings. The van der Waals surface area contributed by atoms with Crippen molar-refractivity contribution in [2.75, 3.05) is 31.1 Å². The molecular formula is C27H25FN6O3. The van der Waals surface area contributed by atoms with Crippen LogP contribution in [-0.4, -0.2) is 64.7 Å². The van der Waals surface area contributed by atoms with E-state index in [1.54, 1.807) is 0 Å². The fourth-order valence-corrected chi connectivity index (χ4v) is 5.66.